The summed E-state index contributed by atoms with van der Waals surface area (Å²) in [5.74, 6) is 0.0902. The van der Waals surface area contributed by atoms with E-state index in [0.29, 0.717) is 19.0 Å². The Morgan fingerprint density at radius 3 is 3.00 bits per heavy atom. The second-order valence-electron chi connectivity index (χ2n) is 4.83. The molecule has 0 spiro atoms. The van der Waals surface area contributed by atoms with Crippen LogP contribution in [0.2, 0.25) is 0 Å². The number of hydrogen-bond acceptors (Lipinski definition) is 4. The Bertz CT molecular complexity index is 544. The molecule has 1 saturated carbocycles. The Kier molecular flexibility index (Phi) is 3.75. The summed E-state index contributed by atoms with van der Waals surface area (Å²) in [5.41, 5.74) is 1.01. The highest BCUT2D eigenvalue weighted by atomic mass is 32.1. The largest absolute Gasteiger partial charge is 0.350 e. The van der Waals surface area contributed by atoms with Gasteiger partial charge in [-0.05, 0) is 25.0 Å². The van der Waals surface area contributed by atoms with Gasteiger partial charge in [-0.1, -0.05) is 12.1 Å². The Morgan fingerprint density at radius 2 is 2.21 bits per heavy atom. The van der Waals surface area contributed by atoms with Crippen LogP contribution in [0.25, 0.3) is 10.2 Å². The number of para-hydroxylation sites is 1. The van der Waals surface area contributed by atoms with Crippen molar-refractivity contribution >= 4 is 27.5 Å². The van der Waals surface area contributed by atoms with Gasteiger partial charge < -0.3 is 10.6 Å². The fraction of sp³-hybridized carbons (Fsp3) is 0.429. The fourth-order valence-electron chi connectivity index (χ4n) is 1.94. The van der Waals surface area contributed by atoms with Crippen molar-refractivity contribution in [3.8, 4) is 0 Å². The smallest absolute Gasteiger partial charge is 0.221 e. The molecule has 1 aliphatic rings. The van der Waals surface area contributed by atoms with Crippen LogP contribution in [0.5, 0.6) is 0 Å². The minimum Gasteiger partial charge on any atom is -0.350 e. The third-order valence-electron chi connectivity index (χ3n) is 3.14. The molecule has 100 valence electrons. The highest BCUT2D eigenvalue weighted by molar-refractivity contribution is 7.18. The zero-order valence-corrected chi connectivity index (χ0v) is 11.5. The van der Waals surface area contributed by atoms with Gasteiger partial charge in [-0.3, -0.25) is 4.79 Å². The molecule has 5 heteroatoms. The van der Waals surface area contributed by atoms with E-state index in [2.05, 4.69) is 21.7 Å². The lowest BCUT2D eigenvalue weighted by Gasteiger charge is -2.03. The minimum atomic E-state index is 0.0902. The zero-order valence-electron chi connectivity index (χ0n) is 10.7. The van der Waals surface area contributed by atoms with E-state index in [1.165, 1.54) is 17.5 Å². The lowest BCUT2D eigenvalue weighted by atomic mass is 10.3. The average molecular weight is 275 g/mol. The molecule has 1 aromatic heterocycles. The molecule has 0 saturated heterocycles. The van der Waals surface area contributed by atoms with Gasteiger partial charge in [0.1, 0.15) is 5.01 Å². The highest BCUT2D eigenvalue weighted by Gasteiger charge is 2.20. The first-order valence-electron chi connectivity index (χ1n) is 6.66. The van der Waals surface area contributed by atoms with Gasteiger partial charge in [-0.25, -0.2) is 4.98 Å². The van der Waals surface area contributed by atoms with Gasteiger partial charge in [-0.15, -0.1) is 11.3 Å². The van der Waals surface area contributed by atoms with Crippen molar-refractivity contribution in [1.82, 2.24) is 15.6 Å². The van der Waals surface area contributed by atoms with Crippen LogP contribution in [-0.4, -0.2) is 23.5 Å². The summed E-state index contributed by atoms with van der Waals surface area (Å²) in [4.78, 5) is 16.2. The molecule has 0 bridgehead atoms. The molecule has 3 rings (SSSR count). The Labute approximate surface area is 116 Å². The lowest BCUT2D eigenvalue weighted by Crippen LogP contribution is -2.28. The Morgan fingerprint density at radius 1 is 1.37 bits per heavy atom. The van der Waals surface area contributed by atoms with Gasteiger partial charge in [0.2, 0.25) is 5.91 Å². The van der Waals surface area contributed by atoms with Crippen molar-refractivity contribution in [3.05, 3.63) is 29.3 Å². The summed E-state index contributed by atoms with van der Waals surface area (Å²) >= 11 is 1.64. The molecule has 4 nitrogen and oxygen atoms in total. The molecule has 1 heterocycles. The maximum atomic E-state index is 11.7. The average Bonchev–Trinajstić information content (AvgIpc) is 3.14. The number of amides is 1. The third kappa shape index (κ3) is 3.52. The highest BCUT2D eigenvalue weighted by Crippen LogP contribution is 2.21. The topological polar surface area (TPSA) is 54.0 Å². The number of rotatable bonds is 6. The molecular weight excluding hydrogens is 258 g/mol. The molecule has 2 N–H and O–H groups in total. The number of aromatic nitrogens is 1. The molecule has 0 aliphatic heterocycles. The first kappa shape index (κ1) is 12.6. The molecule has 1 aliphatic carbocycles. The number of benzene rings is 1. The standard InChI is InChI=1S/C14H17N3OS/c18-13(7-8-15-10-5-6-10)16-9-14-17-11-3-1-2-4-12(11)19-14/h1-4,10,15H,5-9H2,(H,16,18). The van der Waals surface area contributed by atoms with E-state index < -0.39 is 0 Å². The predicted molar refractivity (Wildman–Crippen MR) is 77.1 cm³/mol. The van der Waals surface area contributed by atoms with Crippen LogP contribution < -0.4 is 10.6 Å². The SMILES string of the molecule is O=C(CCNC1CC1)NCc1nc2ccccc2s1. The quantitative estimate of drug-likeness (QED) is 0.848. The molecular formula is C14H17N3OS. The van der Waals surface area contributed by atoms with Gasteiger partial charge in [0.15, 0.2) is 0 Å². The fourth-order valence-corrected chi connectivity index (χ4v) is 2.84. The van der Waals surface area contributed by atoms with E-state index in [-0.39, 0.29) is 5.91 Å². The van der Waals surface area contributed by atoms with Crippen LogP contribution in [0.1, 0.15) is 24.3 Å². The van der Waals surface area contributed by atoms with Gasteiger partial charge in [0.05, 0.1) is 16.8 Å². The molecule has 1 amide bonds. The second-order valence-corrected chi connectivity index (χ2v) is 5.95. The van der Waals surface area contributed by atoms with Crippen LogP contribution in [0.15, 0.2) is 24.3 Å². The molecule has 1 fully saturated rings. The summed E-state index contributed by atoms with van der Waals surface area (Å²) in [7, 11) is 0. The molecule has 1 aromatic carbocycles. The summed E-state index contributed by atoms with van der Waals surface area (Å²) in [5, 5.41) is 7.22. The third-order valence-corrected chi connectivity index (χ3v) is 4.17. The molecule has 0 atom stereocenters. The van der Waals surface area contributed by atoms with Crippen molar-refractivity contribution in [3.63, 3.8) is 0 Å². The summed E-state index contributed by atoms with van der Waals surface area (Å²) in [6.07, 6.45) is 3.06. The first-order chi connectivity index (χ1) is 9.31. The maximum Gasteiger partial charge on any atom is 0.221 e. The van der Waals surface area contributed by atoms with E-state index in [4.69, 9.17) is 0 Å². The van der Waals surface area contributed by atoms with Crippen molar-refractivity contribution in [2.75, 3.05) is 6.54 Å². The van der Waals surface area contributed by atoms with E-state index >= 15 is 0 Å². The molecule has 2 aromatic rings. The van der Waals surface area contributed by atoms with Crippen LogP contribution in [0.3, 0.4) is 0 Å². The van der Waals surface area contributed by atoms with Crippen LogP contribution >= 0.6 is 11.3 Å². The second kappa shape index (κ2) is 5.67. The van der Waals surface area contributed by atoms with Gasteiger partial charge >= 0.3 is 0 Å². The van der Waals surface area contributed by atoms with Crippen molar-refractivity contribution < 1.29 is 4.79 Å². The summed E-state index contributed by atoms with van der Waals surface area (Å²) in [6, 6.07) is 8.70. The monoisotopic (exact) mass is 275 g/mol. The van der Waals surface area contributed by atoms with Crippen LogP contribution in [0.4, 0.5) is 0 Å². The van der Waals surface area contributed by atoms with Gasteiger partial charge in [-0.2, -0.15) is 0 Å². The van der Waals surface area contributed by atoms with Crippen molar-refractivity contribution in [2.45, 2.75) is 31.8 Å². The number of nitrogens with zero attached hydrogens (tertiary/aromatic N) is 1. The van der Waals surface area contributed by atoms with Crippen LogP contribution in [0, 0.1) is 0 Å². The number of fused-ring (bicyclic) bond motifs is 1. The number of carbonyl (C=O) groups excluding carboxylic acids is 1. The number of nitrogens with one attached hydrogen (secondary N) is 2. The molecule has 0 unspecified atom stereocenters. The molecule has 19 heavy (non-hydrogen) atoms. The Balaban J connectivity index is 1.46. The number of thiazole rings is 1. The normalized spacial score (nSPS) is 14.7. The zero-order chi connectivity index (χ0) is 13.1. The minimum absolute atomic E-state index is 0.0902. The number of hydrogen-bond donors (Lipinski definition) is 2. The van der Waals surface area contributed by atoms with Crippen LogP contribution in [-0.2, 0) is 11.3 Å². The summed E-state index contributed by atoms with van der Waals surface area (Å²) in [6.45, 7) is 1.30. The first-order valence-corrected chi connectivity index (χ1v) is 7.47. The van der Waals surface area contributed by atoms with Crippen molar-refractivity contribution in [1.29, 1.82) is 0 Å². The van der Waals surface area contributed by atoms with Gasteiger partial charge in [0, 0.05) is 19.0 Å². The predicted octanol–water partition coefficient (Wildman–Crippen LogP) is 2.05. The van der Waals surface area contributed by atoms with E-state index in [1.54, 1.807) is 11.3 Å². The van der Waals surface area contributed by atoms with Gasteiger partial charge in [0.25, 0.3) is 0 Å². The molecule has 0 radical (unpaired) electrons. The van der Waals surface area contributed by atoms with E-state index in [1.807, 2.05) is 18.2 Å². The number of carbonyl (C=O) groups is 1. The van der Waals surface area contributed by atoms with Crippen molar-refractivity contribution in [2.24, 2.45) is 0 Å². The van der Waals surface area contributed by atoms with E-state index in [0.717, 1.165) is 17.1 Å². The van der Waals surface area contributed by atoms with E-state index in [9.17, 15) is 4.79 Å². The maximum absolute atomic E-state index is 11.7. The summed E-state index contributed by atoms with van der Waals surface area (Å²) < 4.78 is 1.17. The Hall–Kier alpha value is -1.46. The lowest BCUT2D eigenvalue weighted by molar-refractivity contribution is -0.121.